The summed E-state index contributed by atoms with van der Waals surface area (Å²) in [4.78, 5) is 12.6. The summed E-state index contributed by atoms with van der Waals surface area (Å²) in [6.07, 6.45) is 6.28. The Hall–Kier alpha value is -2.26. The van der Waals surface area contributed by atoms with Crippen LogP contribution in [0, 0.1) is 5.82 Å². The van der Waals surface area contributed by atoms with Gasteiger partial charge in [0.05, 0.1) is 17.2 Å². The molecule has 2 aromatic carbocycles. The van der Waals surface area contributed by atoms with E-state index in [1.165, 1.54) is 44.2 Å². The van der Waals surface area contributed by atoms with E-state index in [1.54, 1.807) is 24.3 Å². The molecular formula is C24H31FN2O4S2. The summed E-state index contributed by atoms with van der Waals surface area (Å²) in [6.45, 7) is 2.45. The zero-order chi connectivity index (χ0) is 23.7. The van der Waals surface area contributed by atoms with Crippen LogP contribution in [-0.4, -0.2) is 45.0 Å². The van der Waals surface area contributed by atoms with Gasteiger partial charge < -0.3 is 10.1 Å². The van der Waals surface area contributed by atoms with Crippen molar-refractivity contribution >= 4 is 33.4 Å². The first-order valence-corrected chi connectivity index (χ1v) is 13.8. The Labute approximate surface area is 199 Å². The summed E-state index contributed by atoms with van der Waals surface area (Å²) in [5, 5.41) is 3.48. The van der Waals surface area contributed by atoms with Crippen molar-refractivity contribution in [1.29, 1.82) is 0 Å². The molecule has 2 aromatic rings. The lowest BCUT2D eigenvalue weighted by molar-refractivity contribution is -0.119. The molecule has 0 heterocycles. The van der Waals surface area contributed by atoms with Crippen LogP contribution in [0.5, 0.6) is 5.75 Å². The molecule has 1 N–H and O–H groups in total. The quantitative estimate of drug-likeness (QED) is 0.462. The van der Waals surface area contributed by atoms with Crippen molar-refractivity contribution in [2.75, 3.05) is 29.8 Å². The van der Waals surface area contributed by atoms with Crippen LogP contribution in [0.4, 0.5) is 10.1 Å². The highest BCUT2D eigenvalue weighted by Crippen LogP contribution is 2.28. The minimum atomic E-state index is -4.08. The summed E-state index contributed by atoms with van der Waals surface area (Å²) in [6, 6.07) is 11.1. The maximum absolute atomic E-state index is 13.3. The van der Waals surface area contributed by atoms with Crippen LogP contribution in [0.25, 0.3) is 0 Å². The molecule has 0 bridgehead atoms. The third-order valence-corrected chi connectivity index (χ3v) is 8.63. The van der Waals surface area contributed by atoms with Gasteiger partial charge in [0, 0.05) is 17.5 Å². The van der Waals surface area contributed by atoms with Crippen LogP contribution in [0.15, 0.2) is 53.4 Å². The van der Waals surface area contributed by atoms with Crippen LogP contribution in [0.3, 0.4) is 0 Å². The van der Waals surface area contributed by atoms with Crippen LogP contribution < -0.4 is 14.4 Å². The molecule has 6 nitrogen and oxygen atoms in total. The van der Waals surface area contributed by atoms with Gasteiger partial charge in [-0.25, -0.2) is 12.8 Å². The number of rotatable bonds is 11. The van der Waals surface area contributed by atoms with E-state index in [0.29, 0.717) is 29.8 Å². The van der Waals surface area contributed by atoms with Gasteiger partial charge in [-0.05, 0) is 68.3 Å². The Kier molecular flexibility index (Phi) is 9.43. The molecule has 0 unspecified atom stereocenters. The summed E-state index contributed by atoms with van der Waals surface area (Å²) in [7, 11) is -4.08. The van der Waals surface area contributed by atoms with Gasteiger partial charge in [-0.2, -0.15) is 11.8 Å². The fraction of sp³-hybridized carbons (Fsp3) is 0.458. The predicted molar refractivity (Wildman–Crippen MR) is 131 cm³/mol. The molecule has 180 valence electrons. The maximum atomic E-state index is 13.3. The molecular weight excluding hydrogens is 463 g/mol. The Bertz CT molecular complexity index is 992. The lowest BCUT2D eigenvalue weighted by atomic mass is 10.0. The largest absolute Gasteiger partial charge is 0.494 e. The van der Waals surface area contributed by atoms with Gasteiger partial charge in [-0.3, -0.25) is 9.10 Å². The summed E-state index contributed by atoms with van der Waals surface area (Å²) in [5.41, 5.74) is 0.328. The number of amides is 1. The van der Waals surface area contributed by atoms with Gasteiger partial charge in [0.2, 0.25) is 5.91 Å². The van der Waals surface area contributed by atoms with E-state index in [4.69, 9.17) is 4.74 Å². The van der Waals surface area contributed by atoms with Crippen LogP contribution in [0.2, 0.25) is 0 Å². The molecule has 0 saturated heterocycles. The molecule has 1 aliphatic rings. The number of nitrogens with one attached hydrogen (secondary N) is 1. The minimum absolute atomic E-state index is 0.0848. The number of benzene rings is 2. The number of halogens is 1. The first kappa shape index (κ1) is 25.4. The molecule has 1 fully saturated rings. The average molecular weight is 495 g/mol. The van der Waals surface area contributed by atoms with Gasteiger partial charge in [0.25, 0.3) is 10.0 Å². The van der Waals surface area contributed by atoms with E-state index in [1.807, 2.05) is 18.7 Å². The fourth-order valence-electron chi connectivity index (χ4n) is 3.76. The molecule has 3 rings (SSSR count). The van der Waals surface area contributed by atoms with E-state index in [0.717, 1.165) is 22.2 Å². The van der Waals surface area contributed by atoms with E-state index in [2.05, 4.69) is 5.32 Å². The summed E-state index contributed by atoms with van der Waals surface area (Å²) in [5.74, 6) is 0.475. The standard InChI is InChI=1S/C24H31FN2O4S2/c1-2-31-21-12-10-20(11-13-21)27(33(29,30)23-14-8-19(25)9-15-23)18-24(28)26-16-17-32-22-6-4-3-5-7-22/h8-15,22H,2-7,16-18H2,1H3,(H,26,28). The number of carbonyl (C=O) groups excluding carboxylic acids is 1. The van der Waals surface area contributed by atoms with Gasteiger partial charge in [0.1, 0.15) is 18.1 Å². The Morgan fingerprint density at radius 2 is 1.76 bits per heavy atom. The number of sulfonamides is 1. The van der Waals surface area contributed by atoms with Crippen molar-refractivity contribution in [3.63, 3.8) is 0 Å². The van der Waals surface area contributed by atoms with Crippen molar-refractivity contribution in [1.82, 2.24) is 5.32 Å². The van der Waals surface area contributed by atoms with Crippen molar-refractivity contribution in [3.05, 3.63) is 54.3 Å². The number of ether oxygens (including phenoxy) is 1. The second kappa shape index (κ2) is 12.3. The normalized spacial score (nSPS) is 14.6. The Morgan fingerprint density at radius 3 is 2.39 bits per heavy atom. The zero-order valence-corrected chi connectivity index (χ0v) is 20.5. The van der Waals surface area contributed by atoms with Gasteiger partial charge in [-0.1, -0.05) is 19.3 Å². The number of thioether (sulfide) groups is 1. The molecule has 9 heteroatoms. The van der Waals surface area contributed by atoms with Crippen molar-refractivity contribution in [2.24, 2.45) is 0 Å². The zero-order valence-electron chi connectivity index (χ0n) is 18.8. The van der Waals surface area contributed by atoms with Crippen molar-refractivity contribution < 1.29 is 22.3 Å². The van der Waals surface area contributed by atoms with Crippen LogP contribution >= 0.6 is 11.8 Å². The second-order valence-corrected chi connectivity index (χ2v) is 11.1. The van der Waals surface area contributed by atoms with Gasteiger partial charge in [-0.15, -0.1) is 0 Å². The molecule has 0 aromatic heterocycles. The summed E-state index contributed by atoms with van der Waals surface area (Å²) < 4.78 is 46.4. The third kappa shape index (κ3) is 7.37. The second-order valence-electron chi connectivity index (χ2n) is 7.87. The van der Waals surface area contributed by atoms with Gasteiger partial charge >= 0.3 is 0 Å². The van der Waals surface area contributed by atoms with E-state index in [-0.39, 0.29) is 17.3 Å². The molecule has 1 amide bonds. The number of anilines is 1. The van der Waals surface area contributed by atoms with E-state index < -0.39 is 15.8 Å². The molecule has 1 aliphatic carbocycles. The molecule has 0 spiro atoms. The molecule has 0 atom stereocenters. The van der Waals surface area contributed by atoms with E-state index >= 15 is 0 Å². The summed E-state index contributed by atoms with van der Waals surface area (Å²) >= 11 is 1.87. The molecule has 0 aliphatic heterocycles. The monoisotopic (exact) mass is 494 g/mol. The Balaban J connectivity index is 1.69. The first-order chi connectivity index (χ1) is 15.9. The lowest BCUT2D eigenvalue weighted by Crippen LogP contribution is -2.41. The third-order valence-electron chi connectivity index (χ3n) is 5.45. The lowest BCUT2D eigenvalue weighted by Gasteiger charge is -2.24. The molecule has 1 saturated carbocycles. The highest BCUT2D eigenvalue weighted by atomic mass is 32.2. The Morgan fingerprint density at radius 1 is 1.09 bits per heavy atom. The molecule has 33 heavy (non-hydrogen) atoms. The predicted octanol–water partition coefficient (Wildman–Crippen LogP) is 4.60. The van der Waals surface area contributed by atoms with Crippen LogP contribution in [-0.2, 0) is 14.8 Å². The van der Waals surface area contributed by atoms with E-state index in [9.17, 15) is 17.6 Å². The van der Waals surface area contributed by atoms with Crippen LogP contribution in [0.1, 0.15) is 39.0 Å². The van der Waals surface area contributed by atoms with Crippen molar-refractivity contribution in [2.45, 2.75) is 49.2 Å². The fourth-order valence-corrected chi connectivity index (χ4v) is 6.40. The number of hydrogen-bond acceptors (Lipinski definition) is 5. The topological polar surface area (TPSA) is 75.7 Å². The van der Waals surface area contributed by atoms with Crippen molar-refractivity contribution in [3.8, 4) is 5.75 Å². The maximum Gasteiger partial charge on any atom is 0.264 e. The minimum Gasteiger partial charge on any atom is -0.494 e. The highest BCUT2D eigenvalue weighted by Gasteiger charge is 2.27. The number of hydrogen-bond donors (Lipinski definition) is 1. The van der Waals surface area contributed by atoms with Gasteiger partial charge in [0.15, 0.2) is 0 Å². The number of nitrogens with zero attached hydrogens (tertiary/aromatic N) is 1. The smallest absolute Gasteiger partial charge is 0.264 e. The number of carbonyl (C=O) groups is 1. The molecule has 0 radical (unpaired) electrons. The first-order valence-electron chi connectivity index (χ1n) is 11.3. The SMILES string of the molecule is CCOc1ccc(N(CC(=O)NCCSC2CCCCC2)S(=O)(=O)c2ccc(F)cc2)cc1. The highest BCUT2D eigenvalue weighted by molar-refractivity contribution is 7.99. The average Bonchev–Trinajstić information content (AvgIpc) is 2.82.